The minimum atomic E-state index is -2.36. The van der Waals surface area contributed by atoms with Crippen molar-refractivity contribution in [2.24, 2.45) is 5.84 Å². The van der Waals surface area contributed by atoms with E-state index in [0.29, 0.717) is 31.5 Å². The molecule has 4 N–H and O–H groups in total. The minimum absolute atomic E-state index is 0.379. The summed E-state index contributed by atoms with van der Waals surface area (Å²) in [4.78, 5) is 24.7. The first-order valence-electron chi connectivity index (χ1n) is 7.66. The maximum Gasteiger partial charge on any atom is 0.495 e. The van der Waals surface area contributed by atoms with Gasteiger partial charge < -0.3 is 0 Å². The van der Waals surface area contributed by atoms with E-state index < -0.39 is 25.0 Å². The third kappa shape index (κ3) is 3.75. The van der Waals surface area contributed by atoms with Crippen LogP contribution in [0.3, 0.4) is 0 Å². The summed E-state index contributed by atoms with van der Waals surface area (Å²) < 4.78 is 12.8. The van der Waals surface area contributed by atoms with Gasteiger partial charge >= 0.3 is 19.1 Å². The van der Waals surface area contributed by atoms with Gasteiger partial charge in [-0.3, -0.25) is 19.9 Å². The van der Waals surface area contributed by atoms with Gasteiger partial charge in [-0.15, -0.1) is 5.09 Å². The van der Waals surface area contributed by atoms with Gasteiger partial charge in [-0.05, 0) is 36.1 Å². The second-order valence-electron chi connectivity index (χ2n) is 5.49. The highest BCUT2D eigenvalue weighted by Crippen LogP contribution is 2.41. The van der Waals surface area contributed by atoms with Crippen molar-refractivity contribution in [3.05, 3.63) is 35.9 Å². The molecule has 0 radical (unpaired) electrons. The number of nitrogens with zero attached hydrogens (tertiary/aromatic N) is 1. The van der Waals surface area contributed by atoms with Crippen molar-refractivity contribution in [3.63, 3.8) is 0 Å². The predicted molar refractivity (Wildman–Crippen MR) is 87.7 cm³/mol. The number of hydrazine groups is 1. The van der Waals surface area contributed by atoms with Crippen LogP contribution in [-0.2, 0) is 9.36 Å². The summed E-state index contributed by atoms with van der Waals surface area (Å²) >= 11 is 0. The van der Waals surface area contributed by atoms with Gasteiger partial charge in [0.25, 0.3) is 5.91 Å². The number of hydrogen-bond donors (Lipinski definition) is 3. The molecule has 0 aromatic heterocycles. The lowest BCUT2D eigenvalue weighted by Crippen LogP contribution is -2.62. The Bertz CT molecular complexity index is 596. The molecule has 0 spiro atoms. The number of amides is 2. The number of carbonyl (C=O) groups excluding carboxylic acids is 2. The Morgan fingerprint density at radius 3 is 2.74 bits per heavy atom. The van der Waals surface area contributed by atoms with E-state index in [-0.39, 0.29) is 0 Å². The van der Waals surface area contributed by atoms with E-state index >= 15 is 0 Å². The van der Waals surface area contributed by atoms with Crippen LogP contribution >= 0.6 is 7.95 Å². The molecule has 1 aliphatic rings. The number of piperidine rings is 1. The van der Waals surface area contributed by atoms with E-state index in [2.05, 4.69) is 10.4 Å². The van der Waals surface area contributed by atoms with E-state index in [1.54, 1.807) is 30.3 Å². The Morgan fingerprint density at radius 1 is 1.39 bits per heavy atom. The normalized spacial score (nSPS) is 21.9. The van der Waals surface area contributed by atoms with Gasteiger partial charge in [-0.1, -0.05) is 25.1 Å². The molecule has 124 valence electrons. The van der Waals surface area contributed by atoms with E-state index in [0.717, 1.165) is 11.4 Å². The molecular weight excluding hydrogens is 315 g/mol. The molecule has 1 unspecified atom stereocenters. The highest BCUT2D eigenvalue weighted by Gasteiger charge is 2.60. The highest BCUT2D eigenvalue weighted by molar-refractivity contribution is 7.46. The van der Waals surface area contributed by atoms with Gasteiger partial charge in [0.1, 0.15) is 0 Å². The van der Waals surface area contributed by atoms with Crippen LogP contribution in [0.2, 0.25) is 0 Å². The Morgan fingerprint density at radius 2 is 2.09 bits per heavy atom. The van der Waals surface area contributed by atoms with Crippen LogP contribution < -0.4 is 16.2 Å². The van der Waals surface area contributed by atoms with Crippen LogP contribution in [0.5, 0.6) is 0 Å². The van der Waals surface area contributed by atoms with Crippen LogP contribution in [0, 0.1) is 0 Å². The number of rotatable bonds is 6. The lowest BCUT2D eigenvalue weighted by atomic mass is 10.1. The van der Waals surface area contributed by atoms with Crippen molar-refractivity contribution in [2.45, 2.75) is 31.5 Å². The smallest absolute Gasteiger partial charge is 0.275 e. The third-order valence-electron chi connectivity index (χ3n) is 3.81. The third-order valence-corrected chi connectivity index (χ3v) is 5.48. The Labute approximate surface area is 136 Å². The topological polar surface area (TPSA) is 105 Å². The van der Waals surface area contributed by atoms with E-state index in [1.807, 2.05) is 6.92 Å². The zero-order chi connectivity index (χ0) is 16.9. The first kappa shape index (κ1) is 17.5. The van der Waals surface area contributed by atoms with Crippen molar-refractivity contribution in [3.8, 4) is 0 Å². The molecule has 0 bridgehead atoms. The molecule has 1 heterocycles. The molecule has 1 aromatic rings. The molecule has 7 nitrogen and oxygen atoms in total. The molecule has 23 heavy (non-hydrogen) atoms. The lowest BCUT2D eigenvalue weighted by Gasteiger charge is -2.32. The summed E-state index contributed by atoms with van der Waals surface area (Å²) in [5.41, 5.74) is 0.398. The average molecular weight is 337 g/mol. The van der Waals surface area contributed by atoms with Gasteiger partial charge in [-0.25, -0.2) is 5.84 Å². The molecule has 1 aromatic carbocycles. The Kier molecular flexibility index (Phi) is 5.82. The summed E-state index contributed by atoms with van der Waals surface area (Å²) in [6.45, 7) is 2.88. The largest absolute Gasteiger partial charge is 0.495 e. The second-order valence-corrected chi connectivity index (χ2v) is 7.07. The van der Waals surface area contributed by atoms with Gasteiger partial charge in [0.05, 0.1) is 0 Å². The molecule has 2 amide bonds. The number of hydrogen-bond acceptors (Lipinski definition) is 5. The summed E-state index contributed by atoms with van der Waals surface area (Å²) in [5.74, 6) is 4.80. The molecule has 1 fully saturated rings. The molecule has 0 aliphatic carbocycles. The summed E-state index contributed by atoms with van der Waals surface area (Å²) in [6.07, 6.45) is 1.78. The summed E-state index contributed by atoms with van der Waals surface area (Å²) in [5, 5.41) is 5.27. The van der Waals surface area contributed by atoms with Gasteiger partial charge in [0.2, 0.25) is 0 Å². The fourth-order valence-corrected chi connectivity index (χ4v) is 3.97. The van der Waals surface area contributed by atoms with Crippen LogP contribution in [-0.4, -0.2) is 35.2 Å². The second kappa shape index (κ2) is 7.64. The number of nitrogens with one attached hydrogen (secondary N) is 2. The van der Waals surface area contributed by atoms with Crippen molar-refractivity contribution in [2.75, 3.05) is 13.1 Å². The first-order valence-corrected chi connectivity index (χ1v) is 8.92. The van der Waals surface area contributed by atoms with Crippen LogP contribution in [0.4, 0.5) is 0 Å². The quantitative estimate of drug-likeness (QED) is 0.413. The maximum absolute atomic E-state index is 12.8. The SMILES string of the molecule is CCCN[C@]1([P+](=O)NC(=O)c2ccccc2)CCCN(N)C1=O. The van der Waals surface area contributed by atoms with E-state index in [9.17, 15) is 14.2 Å². The maximum atomic E-state index is 12.8. The van der Waals surface area contributed by atoms with Crippen LogP contribution in [0.1, 0.15) is 36.5 Å². The van der Waals surface area contributed by atoms with Crippen molar-refractivity contribution < 1.29 is 14.2 Å². The first-order chi connectivity index (χ1) is 11.0. The Balaban J connectivity index is 2.20. The lowest BCUT2D eigenvalue weighted by molar-refractivity contribution is -0.138. The molecule has 0 saturated carbocycles. The zero-order valence-corrected chi connectivity index (χ0v) is 14.0. The molecule has 2 atom stereocenters. The van der Waals surface area contributed by atoms with Crippen molar-refractivity contribution >= 4 is 19.8 Å². The van der Waals surface area contributed by atoms with E-state index in [1.165, 1.54) is 0 Å². The van der Waals surface area contributed by atoms with Gasteiger partial charge in [-0.2, -0.15) is 0 Å². The van der Waals surface area contributed by atoms with Crippen LogP contribution in [0.25, 0.3) is 0 Å². The highest BCUT2D eigenvalue weighted by atomic mass is 31.1. The fraction of sp³-hybridized carbons (Fsp3) is 0.467. The monoisotopic (exact) mass is 337 g/mol. The number of carbonyl (C=O) groups is 2. The minimum Gasteiger partial charge on any atom is -0.275 e. The molecule has 8 heteroatoms. The van der Waals surface area contributed by atoms with Crippen molar-refractivity contribution in [1.82, 2.24) is 15.4 Å². The van der Waals surface area contributed by atoms with Gasteiger partial charge in [0.15, 0.2) is 0 Å². The summed E-state index contributed by atoms with van der Waals surface area (Å²) in [6, 6.07) is 8.49. The van der Waals surface area contributed by atoms with Crippen LogP contribution in [0.15, 0.2) is 30.3 Å². The molecule has 1 saturated heterocycles. The molecular formula is C15H22N4O3P+. The van der Waals surface area contributed by atoms with Crippen molar-refractivity contribution in [1.29, 1.82) is 0 Å². The molecule has 1 aliphatic heterocycles. The number of nitrogens with two attached hydrogens (primary N) is 1. The predicted octanol–water partition coefficient (Wildman–Crippen LogP) is 1.35. The fourth-order valence-electron chi connectivity index (χ4n) is 2.55. The number of benzene rings is 1. The Hall–Kier alpha value is -1.82. The van der Waals surface area contributed by atoms with Gasteiger partial charge in [0, 0.05) is 18.5 Å². The average Bonchev–Trinajstić information content (AvgIpc) is 2.57. The summed E-state index contributed by atoms with van der Waals surface area (Å²) in [7, 11) is -2.36. The van der Waals surface area contributed by atoms with E-state index in [4.69, 9.17) is 5.84 Å². The molecule has 2 rings (SSSR count). The zero-order valence-electron chi connectivity index (χ0n) is 13.1. The standard InChI is InChI=1S/C15H21N4O3P/c1-2-10-17-15(9-6-11-19(16)14(15)21)23(22)18-13(20)12-7-4-3-5-8-12/h3-5,7-8,17H,2,6,9-11,16H2,1H3/p+1/t15-/m0/s1.